The maximum Gasteiger partial charge on any atom is -0.0585 e. The van der Waals surface area contributed by atoms with E-state index in [4.69, 9.17) is 0 Å². The summed E-state index contributed by atoms with van der Waals surface area (Å²) in [4.78, 5) is 0. The second kappa shape index (κ2) is 8.83. The predicted octanol–water partition coefficient (Wildman–Crippen LogP) is 7.10. The van der Waals surface area contributed by atoms with Gasteiger partial charge in [0.25, 0.3) is 0 Å². The molecule has 0 radical (unpaired) electrons. The van der Waals surface area contributed by atoms with Crippen LogP contribution in [0.15, 0.2) is 121 Å². The van der Waals surface area contributed by atoms with Gasteiger partial charge in [-0.1, -0.05) is 96.1 Å². The van der Waals surface area contributed by atoms with Crippen LogP contribution in [-0.2, 0) is 0 Å². The van der Waals surface area contributed by atoms with E-state index in [1.54, 1.807) is 0 Å². The first-order valence-corrected chi connectivity index (χ1v) is 9.55. The lowest BCUT2D eigenvalue weighted by molar-refractivity contribution is 1.27. The van der Waals surface area contributed by atoms with Crippen LogP contribution in [-0.4, -0.2) is 0 Å². The number of hydrogen-bond donors (Lipinski definition) is 0. The zero-order valence-corrected chi connectivity index (χ0v) is 15.7. The molecule has 0 saturated heterocycles. The van der Waals surface area contributed by atoms with E-state index in [1.807, 2.05) is 0 Å². The Bertz CT molecular complexity index is 1000. The second-order valence-corrected chi connectivity index (χ2v) is 6.67. The molecule has 28 heavy (non-hydrogen) atoms. The van der Waals surface area contributed by atoms with Crippen LogP contribution < -0.4 is 0 Å². The Hall–Kier alpha value is -3.64. The molecule has 0 aliphatic rings. The first-order valence-electron chi connectivity index (χ1n) is 9.55. The van der Waals surface area contributed by atoms with Crippen molar-refractivity contribution in [3.63, 3.8) is 0 Å². The Morgan fingerprint density at radius 2 is 1.07 bits per heavy atom. The standard InChI is InChI=1S/C28H22/c1-5-13-23(14-6-1)21-27(25-17-9-3-10-18-25)28(26-19-11-4-12-20-26)22-24-15-7-2-8-16-24/h1-22H/q-2/b27-21+. The molecule has 0 saturated carbocycles. The Kier molecular flexibility index (Phi) is 5.60. The Morgan fingerprint density at radius 3 is 1.68 bits per heavy atom. The van der Waals surface area contributed by atoms with E-state index < -0.39 is 0 Å². The summed E-state index contributed by atoms with van der Waals surface area (Å²) in [6.07, 6.45) is 4.55. The number of rotatable bonds is 6. The van der Waals surface area contributed by atoms with Gasteiger partial charge in [0.2, 0.25) is 0 Å². The van der Waals surface area contributed by atoms with E-state index >= 15 is 0 Å². The van der Waals surface area contributed by atoms with Crippen molar-refractivity contribution in [2.75, 3.05) is 0 Å². The summed E-state index contributed by atoms with van der Waals surface area (Å²) < 4.78 is 0. The highest BCUT2D eigenvalue weighted by Gasteiger charge is 2.08. The molecule has 0 fully saturated rings. The third-order valence-corrected chi connectivity index (χ3v) is 4.68. The SMILES string of the molecule is C(=C(/c1ccccc1)[C-]([CH-]c1ccccc1)c1ccccc1)/c1ccccc1. The average molecular weight is 358 g/mol. The fourth-order valence-electron chi connectivity index (χ4n) is 3.30. The summed E-state index contributed by atoms with van der Waals surface area (Å²) in [5.74, 6) is 1.21. The summed E-state index contributed by atoms with van der Waals surface area (Å²) in [5, 5.41) is 0. The van der Waals surface area contributed by atoms with Crippen molar-refractivity contribution in [1.82, 2.24) is 0 Å². The van der Waals surface area contributed by atoms with Crippen LogP contribution in [0.5, 0.6) is 0 Å². The minimum Gasteiger partial charge on any atom is -0.195 e. The van der Waals surface area contributed by atoms with Crippen LogP contribution in [0.1, 0.15) is 22.3 Å². The summed E-state index contributed by atoms with van der Waals surface area (Å²) in [5.41, 5.74) is 6.00. The normalized spacial score (nSPS) is 11.1. The maximum absolute atomic E-state index is 2.27. The molecule has 0 heteroatoms. The van der Waals surface area contributed by atoms with Crippen LogP contribution in [0.4, 0.5) is 0 Å². The van der Waals surface area contributed by atoms with Gasteiger partial charge in [0.1, 0.15) is 0 Å². The third kappa shape index (κ3) is 4.36. The van der Waals surface area contributed by atoms with Gasteiger partial charge in [0.15, 0.2) is 0 Å². The molecule has 0 amide bonds. The van der Waals surface area contributed by atoms with Gasteiger partial charge in [-0.25, -0.2) is 0 Å². The minimum atomic E-state index is 1.19. The minimum absolute atomic E-state index is 1.19. The number of allylic oxidation sites excluding steroid dienone is 1. The molecule has 0 aromatic heterocycles. The summed E-state index contributed by atoms with van der Waals surface area (Å²) in [6, 6.07) is 42.2. The lowest BCUT2D eigenvalue weighted by Crippen LogP contribution is -2.05. The van der Waals surface area contributed by atoms with Crippen LogP contribution in [0.2, 0.25) is 0 Å². The number of benzene rings is 4. The van der Waals surface area contributed by atoms with Crippen LogP contribution in [0.3, 0.4) is 0 Å². The quantitative estimate of drug-likeness (QED) is 0.255. The zero-order chi connectivity index (χ0) is 19.0. The van der Waals surface area contributed by atoms with Crippen LogP contribution in [0, 0.1) is 12.3 Å². The fourth-order valence-corrected chi connectivity index (χ4v) is 3.30. The van der Waals surface area contributed by atoms with Gasteiger partial charge < -0.3 is 0 Å². The average Bonchev–Trinajstić information content (AvgIpc) is 2.79. The highest BCUT2D eigenvalue weighted by Crippen LogP contribution is 2.36. The summed E-state index contributed by atoms with van der Waals surface area (Å²) in [6.45, 7) is 0. The zero-order valence-electron chi connectivity index (χ0n) is 15.7. The highest BCUT2D eigenvalue weighted by molar-refractivity contribution is 5.93. The van der Waals surface area contributed by atoms with Crippen molar-refractivity contribution in [3.8, 4) is 0 Å². The molecular weight excluding hydrogens is 336 g/mol. The topological polar surface area (TPSA) is 0 Å². The van der Waals surface area contributed by atoms with E-state index in [0.29, 0.717) is 0 Å². The van der Waals surface area contributed by atoms with Gasteiger partial charge >= 0.3 is 0 Å². The molecule has 4 aromatic carbocycles. The first-order chi connectivity index (χ1) is 13.9. The molecule has 0 unspecified atom stereocenters. The monoisotopic (exact) mass is 358 g/mol. The smallest absolute Gasteiger partial charge is 0.0585 e. The highest BCUT2D eigenvalue weighted by atomic mass is 14.2. The third-order valence-electron chi connectivity index (χ3n) is 4.68. The molecule has 0 spiro atoms. The molecule has 4 rings (SSSR count). The Balaban J connectivity index is 1.84. The molecule has 0 atom stereocenters. The van der Waals surface area contributed by atoms with E-state index in [0.717, 1.165) is 0 Å². The van der Waals surface area contributed by atoms with Crippen LogP contribution in [0.25, 0.3) is 11.6 Å². The first kappa shape index (κ1) is 17.8. The van der Waals surface area contributed by atoms with Gasteiger partial charge in [0.05, 0.1) is 0 Å². The molecule has 0 aliphatic carbocycles. The van der Waals surface area contributed by atoms with E-state index in [2.05, 4.69) is 134 Å². The van der Waals surface area contributed by atoms with Gasteiger partial charge in [-0.05, 0) is 0 Å². The van der Waals surface area contributed by atoms with E-state index in [-0.39, 0.29) is 0 Å². The molecule has 0 heterocycles. The summed E-state index contributed by atoms with van der Waals surface area (Å²) in [7, 11) is 0. The van der Waals surface area contributed by atoms with Gasteiger partial charge in [-0.3, -0.25) is 0 Å². The molecular formula is C28H22-2. The van der Waals surface area contributed by atoms with Gasteiger partial charge in [-0.2, -0.15) is 24.1 Å². The lowest BCUT2D eigenvalue weighted by Gasteiger charge is -2.33. The number of hydrogen-bond acceptors (Lipinski definition) is 0. The van der Waals surface area contributed by atoms with Crippen molar-refractivity contribution in [2.45, 2.75) is 0 Å². The van der Waals surface area contributed by atoms with Crippen molar-refractivity contribution in [1.29, 1.82) is 0 Å². The van der Waals surface area contributed by atoms with Crippen molar-refractivity contribution in [3.05, 3.63) is 156 Å². The van der Waals surface area contributed by atoms with Crippen molar-refractivity contribution in [2.24, 2.45) is 0 Å². The maximum atomic E-state index is 2.27. The predicted molar refractivity (Wildman–Crippen MR) is 119 cm³/mol. The summed E-state index contributed by atoms with van der Waals surface area (Å²) >= 11 is 0. The van der Waals surface area contributed by atoms with Crippen molar-refractivity contribution < 1.29 is 0 Å². The van der Waals surface area contributed by atoms with Gasteiger partial charge in [0, 0.05) is 0 Å². The molecule has 4 aromatic rings. The second-order valence-electron chi connectivity index (χ2n) is 6.67. The van der Waals surface area contributed by atoms with E-state index in [1.165, 1.54) is 33.7 Å². The van der Waals surface area contributed by atoms with Crippen LogP contribution >= 0.6 is 0 Å². The van der Waals surface area contributed by atoms with Crippen molar-refractivity contribution >= 4 is 11.6 Å². The molecule has 136 valence electrons. The fraction of sp³-hybridized carbons (Fsp3) is 0. The Labute approximate surface area is 167 Å². The molecule has 0 bridgehead atoms. The molecule has 0 N–H and O–H groups in total. The molecule has 0 nitrogen and oxygen atoms in total. The van der Waals surface area contributed by atoms with Gasteiger partial charge in [-0.15, -0.1) is 47.4 Å². The lowest BCUT2D eigenvalue weighted by atomic mass is 9.81. The Morgan fingerprint density at radius 1 is 0.571 bits per heavy atom. The molecule has 0 aliphatic heterocycles. The largest absolute Gasteiger partial charge is 0.195 e. The van der Waals surface area contributed by atoms with E-state index in [9.17, 15) is 0 Å².